The Morgan fingerprint density at radius 3 is 2.39 bits per heavy atom. The van der Waals surface area contributed by atoms with Crippen LogP contribution >= 0.6 is 0 Å². The van der Waals surface area contributed by atoms with Gasteiger partial charge in [-0.3, -0.25) is 4.79 Å². The first kappa shape index (κ1) is 29.7. The number of carbonyl (C=O) groups is 1. The molecular weight excluding hydrogens is 550 g/mol. The van der Waals surface area contributed by atoms with Crippen molar-refractivity contribution in [1.82, 2.24) is 19.4 Å². The Morgan fingerprint density at radius 1 is 0.886 bits per heavy atom. The SMILES string of the molecule is CN(CC(CCN1CCCN(c2nc3ccccc3n2Cc2ccc(CO)o2)CC1)c1ccccc1)C(=O)c1ccccc1. The molecule has 2 aromatic heterocycles. The summed E-state index contributed by atoms with van der Waals surface area (Å²) in [6.07, 6.45) is 2.02. The summed E-state index contributed by atoms with van der Waals surface area (Å²) in [7, 11) is 1.91. The zero-order chi connectivity index (χ0) is 30.3. The number of likely N-dealkylation sites (N-methyl/N-ethyl adjacent to an activating group) is 1. The summed E-state index contributed by atoms with van der Waals surface area (Å²) in [5.74, 6) is 2.63. The minimum absolute atomic E-state index is 0.0574. The average molecular weight is 592 g/mol. The first-order chi connectivity index (χ1) is 21.6. The zero-order valence-electron chi connectivity index (χ0n) is 25.4. The predicted octanol–water partition coefficient (Wildman–Crippen LogP) is 5.63. The minimum Gasteiger partial charge on any atom is -0.462 e. The third kappa shape index (κ3) is 6.87. The summed E-state index contributed by atoms with van der Waals surface area (Å²) < 4.78 is 8.08. The van der Waals surface area contributed by atoms with Gasteiger partial charge in [0.25, 0.3) is 5.91 Å². The lowest BCUT2D eigenvalue weighted by Crippen LogP contribution is -2.35. The zero-order valence-corrected chi connectivity index (χ0v) is 25.4. The summed E-state index contributed by atoms with van der Waals surface area (Å²) >= 11 is 0. The lowest BCUT2D eigenvalue weighted by Gasteiger charge is -2.28. The molecule has 5 aromatic rings. The largest absolute Gasteiger partial charge is 0.462 e. The number of nitrogens with zero attached hydrogens (tertiary/aromatic N) is 5. The van der Waals surface area contributed by atoms with Crippen molar-refractivity contribution in [2.24, 2.45) is 0 Å². The van der Waals surface area contributed by atoms with Gasteiger partial charge in [-0.2, -0.15) is 0 Å². The molecule has 8 heteroatoms. The number of amides is 1. The maximum Gasteiger partial charge on any atom is 0.253 e. The third-order valence-electron chi connectivity index (χ3n) is 8.62. The number of aromatic nitrogens is 2. The fourth-order valence-electron chi connectivity index (χ4n) is 6.24. The van der Waals surface area contributed by atoms with Gasteiger partial charge in [0, 0.05) is 44.7 Å². The molecule has 1 atom stereocenters. The standard InChI is InChI=1S/C36H41N5O3/c1-38(35(43)29-13-6-3-7-14-29)25-30(28-11-4-2-5-12-28)19-22-39-20-10-21-40(24-23-39)36-37-33-15-8-9-16-34(33)41(36)26-31-17-18-32(27-42)44-31/h2-9,11-18,30,42H,10,19-27H2,1H3. The number of anilines is 1. The van der Waals surface area contributed by atoms with E-state index in [-0.39, 0.29) is 18.4 Å². The highest BCUT2D eigenvalue weighted by molar-refractivity contribution is 5.94. The number of fused-ring (bicyclic) bond motifs is 1. The Labute approximate surface area is 259 Å². The molecule has 8 nitrogen and oxygen atoms in total. The molecule has 0 radical (unpaired) electrons. The second kappa shape index (κ2) is 13.9. The van der Waals surface area contributed by atoms with E-state index in [1.807, 2.05) is 72.6 Å². The lowest BCUT2D eigenvalue weighted by atomic mass is 9.94. The van der Waals surface area contributed by atoms with Gasteiger partial charge in [-0.15, -0.1) is 0 Å². The van der Waals surface area contributed by atoms with E-state index in [1.54, 1.807) is 0 Å². The Hall–Kier alpha value is -4.40. The van der Waals surface area contributed by atoms with Gasteiger partial charge in [0.2, 0.25) is 5.95 Å². The van der Waals surface area contributed by atoms with E-state index in [9.17, 15) is 9.90 Å². The minimum atomic E-state index is -0.107. The van der Waals surface area contributed by atoms with E-state index < -0.39 is 0 Å². The second-order valence-electron chi connectivity index (χ2n) is 11.6. The van der Waals surface area contributed by atoms with E-state index in [4.69, 9.17) is 9.40 Å². The van der Waals surface area contributed by atoms with Crippen LogP contribution in [-0.2, 0) is 13.2 Å². The van der Waals surface area contributed by atoms with Crippen LogP contribution in [0.3, 0.4) is 0 Å². The number of hydrogen-bond acceptors (Lipinski definition) is 6. The first-order valence-corrected chi connectivity index (χ1v) is 15.6. The number of imidazole rings is 1. The molecule has 1 aliphatic heterocycles. The Kier molecular flexibility index (Phi) is 9.39. The summed E-state index contributed by atoms with van der Waals surface area (Å²) in [6, 6.07) is 32.1. The molecule has 228 valence electrons. The van der Waals surface area contributed by atoms with E-state index in [0.29, 0.717) is 18.8 Å². The van der Waals surface area contributed by atoms with Gasteiger partial charge in [-0.05, 0) is 67.9 Å². The van der Waals surface area contributed by atoms with Crippen molar-refractivity contribution in [2.75, 3.05) is 51.2 Å². The fourth-order valence-corrected chi connectivity index (χ4v) is 6.24. The molecule has 3 aromatic carbocycles. The molecule has 0 aliphatic carbocycles. The molecule has 1 unspecified atom stereocenters. The average Bonchev–Trinajstić information content (AvgIpc) is 3.60. The van der Waals surface area contributed by atoms with Crippen molar-refractivity contribution < 1.29 is 14.3 Å². The highest BCUT2D eigenvalue weighted by Crippen LogP contribution is 2.27. The van der Waals surface area contributed by atoms with Crippen LogP contribution < -0.4 is 4.90 Å². The number of rotatable bonds is 11. The van der Waals surface area contributed by atoms with E-state index in [2.05, 4.69) is 50.8 Å². The molecule has 3 heterocycles. The molecule has 1 amide bonds. The van der Waals surface area contributed by atoms with Crippen LogP contribution in [0.4, 0.5) is 5.95 Å². The molecule has 1 aliphatic rings. The maximum atomic E-state index is 13.1. The van der Waals surface area contributed by atoms with Crippen molar-refractivity contribution in [3.05, 3.63) is 120 Å². The number of para-hydroxylation sites is 2. The highest BCUT2D eigenvalue weighted by atomic mass is 16.4. The number of hydrogen-bond donors (Lipinski definition) is 1. The molecule has 0 saturated carbocycles. The summed E-state index contributed by atoms with van der Waals surface area (Å²) in [4.78, 5) is 25.0. The van der Waals surface area contributed by atoms with Gasteiger partial charge in [-0.1, -0.05) is 60.7 Å². The number of furan rings is 1. The molecule has 44 heavy (non-hydrogen) atoms. The van der Waals surface area contributed by atoms with Gasteiger partial charge in [0.15, 0.2) is 0 Å². The molecule has 1 fully saturated rings. The summed E-state index contributed by atoms with van der Waals surface area (Å²) in [6.45, 7) is 5.87. The van der Waals surface area contributed by atoms with Crippen LogP contribution in [0, 0.1) is 0 Å². The Morgan fingerprint density at radius 2 is 1.61 bits per heavy atom. The summed E-state index contributed by atoms with van der Waals surface area (Å²) in [5.41, 5.74) is 4.04. The van der Waals surface area contributed by atoms with Gasteiger partial charge >= 0.3 is 0 Å². The number of aliphatic hydroxyl groups excluding tert-OH is 1. The van der Waals surface area contributed by atoms with Gasteiger partial charge in [0.05, 0.1) is 17.6 Å². The Bertz CT molecular complexity index is 1650. The van der Waals surface area contributed by atoms with Crippen molar-refractivity contribution in [3.63, 3.8) is 0 Å². The Balaban J connectivity index is 1.13. The molecule has 0 bridgehead atoms. The van der Waals surface area contributed by atoms with Gasteiger partial charge in [-0.25, -0.2) is 4.98 Å². The normalized spacial score (nSPS) is 14.9. The molecule has 1 saturated heterocycles. The van der Waals surface area contributed by atoms with Crippen molar-refractivity contribution in [2.45, 2.75) is 31.9 Å². The van der Waals surface area contributed by atoms with Crippen molar-refractivity contribution >= 4 is 22.9 Å². The van der Waals surface area contributed by atoms with Crippen molar-refractivity contribution in [3.8, 4) is 0 Å². The molecule has 6 rings (SSSR count). The van der Waals surface area contributed by atoms with Crippen LogP contribution in [0.2, 0.25) is 0 Å². The van der Waals surface area contributed by atoms with Gasteiger partial charge < -0.3 is 28.8 Å². The summed E-state index contributed by atoms with van der Waals surface area (Å²) in [5, 5.41) is 9.48. The maximum absolute atomic E-state index is 13.1. The van der Waals surface area contributed by atoms with Crippen LogP contribution in [0.1, 0.15) is 46.2 Å². The van der Waals surface area contributed by atoms with E-state index in [0.717, 1.165) is 73.9 Å². The quantitative estimate of drug-likeness (QED) is 0.215. The van der Waals surface area contributed by atoms with Gasteiger partial charge in [0.1, 0.15) is 18.1 Å². The van der Waals surface area contributed by atoms with Crippen LogP contribution in [0.25, 0.3) is 11.0 Å². The monoisotopic (exact) mass is 591 g/mol. The second-order valence-corrected chi connectivity index (χ2v) is 11.6. The molecule has 0 spiro atoms. The first-order valence-electron chi connectivity index (χ1n) is 15.6. The number of benzene rings is 3. The fraction of sp³-hybridized carbons (Fsp3) is 0.333. The number of aliphatic hydroxyl groups is 1. The topological polar surface area (TPSA) is 78.0 Å². The van der Waals surface area contributed by atoms with Crippen LogP contribution in [0.15, 0.2) is 101 Å². The van der Waals surface area contributed by atoms with Crippen LogP contribution in [-0.4, -0.2) is 76.7 Å². The van der Waals surface area contributed by atoms with Crippen molar-refractivity contribution in [1.29, 1.82) is 0 Å². The number of carbonyl (C=O) groups excluding carboxylic acids is 1. The molecular formula is C36H41N5O3. The molecule has 1 N–H and O–H groups in total. The smallest absolute Gasteiger partial charge is 0.253 e. The lowest BCUT2D eigenvalue weighted by molar-refractivity contribution is 0.0782. The predicted molar refractivity (Wildman–Crippen MR) is 174 cm³/mol. The third-order valence-corrected chi connectivity index (χ3v) is 8.62. The van der Waals surface area contributed by atoms with Crippen LogP contribution in [0.5, 0.6) is 0 Å². The van der Waals surface area contributed by atoms with E-state index in [1.165, 1.54) is 5.56 Å². The van der Waals surface area contributed by atoms with E-state index >= 15 is 0 Å². The highest BCUT2D eigenvalue weighted by Gasteiger charge is 2.24.